The molecule has 0 bridgehead atoms. The van der Waals surface area contributed by atoms with Crippen LogP contribution in [0.4, 0.5) is 16.2 Å². The van der Waals surface area contributed by atoms with E-state index in [0.29, 0.717) is 11.7 Å². The second-order valence-electron chi connectivity index (χ2n) is 6.82. The van der Waals surface area contributed by atoms with Crippen LogP contribution in [-0.4, -0.2) is 28.9 Å². The molecule has 0 atom stereocenters. The Hall–Kier alpha value is -1.75. The Bertz CT molecular complexity index is 503. The third kappa shape index (κ3) is 5.22. The zero-order chi connectivity index (χ0) is 16.2. The molecule has 1 fully saturated rings. The topological polar surface area (TPSA) is 70.6 Å². The van der Waals surface area contributed by atoms with E-state index >= 15 is 0 Å². The number of ether oxygens (including phenoxy) is 1. The van der Waals surface area contributed by atoms with Gasteiger partial charge in [-0.05, 0) is 58.6 Å². The lowest BCUT2D eigenvalue weighted by Gasteiger charge is -2.28. The van der Waals surface area contributed by atoms with Gasteiger partial charge in [0.05, 0.1) is 17.5 Å². The summed E-state index contributed by atoms with van der Waals surface area (Å²) in [5.41, 5.74) is 1.07. The normalized spacial score (nSPS) is 22.0. The maximum absolute atomic E-state index is 11.9. The Labute approximate surface area is 132 Å². The smallest absolute Gasteiger partial charge is 0.412 e. The van der Waals surface area contributed by atoms with Crippen LogP contribution in [0.15, 0.2) is 24.3 Å². The van der Waals surface area contributed by atoms with Crippen molar-refractivity contribution in [1.82, 2.24) is 0 Å². The quantitative estimate of drug-likeness (QED) is 0.795. The summed E-state index contributed by atoms with van der Waals surface area (Å²) in [6.07, 6.45) is 2.87. The first-order chi connectivity index (χ1) is 10.3. The average molecular weight is 306 g/mol. The van der Waals surface area contributed by atoms with Crippen LogP contribution in [0.1, 0.15) is 46.5 Å². The summed E-state index contributed by atoms with van der Waals surface area (Å²) in [5, 5.41) is 15.8. The van der Waals surface area contributed by atoms with Gasteiger partial charge in [-0.25, -0.2) is 4.79 Å². The Kier molecular flexibility index (Phi) is 5.29. The molecular weight excluding hydrogens is 280 g/mol. The first-order valence-corrected chi connectivity index (χ1v) is 7.87. The van der Waals surface area contributed by atoms with Crippen molar-refractivity contribution in [1.29, 1.82) is 0 Å². The zero-order valence-electron chi connectivity index (χ0n) is 13.6. The lowest BCUT2D eigenvalue weighted by molar-refractivity contribution is 0.0636. The standard InChI is InChI=1S/C17H26N2O3/c1-17(2,3)22-16(21)19-15-7-5-4-6-14(15)18-12-8-10-13(20)11-9-12/h4-7,12-13,18,20H,8-11H2,1-3H3,(H,19,21). The number of amides is 1. The molecular formula is C17H26N2O3. The summed E-state index contributed by atoms with van der Waals surface area (Å²) < 4.78 is 5.29. The molecule has 1 aliphatic rings. The van der Waals surface area contributed by atoms with E-state index in [9.17, 15) is 9.90 Å². The van der Waals surface area contributed by atoms with Crippen molar-refractivity contribution in [2.75, 3.05) is 10.6 Å². The number of carbonyl (C=O) groups excluding carboxylic acids is 1. The van der Waals surface area contributed by atoms with Gasteiger partial charge in [-0.1, -0.05) is 12.1 Å². The lowest BCUT2D eigenvalue weighted by Crippen LogP contribution is -2.29. The largest absolute Gasteiger partial charge is 0.444 e. The van der Waals surface area contributed by atoms with Crippen LogP contribution in [0.3, 0.4) is 0 Å². The van der Waals surface area contributed by atoms with Gasteiger partial charge in [-0.2, -0.15) is 0 Å². The van der Waals surface area contributed by atoms with Crippen molar-refractivity contribution in [3.63, 3.8) is 0 Å². The third-order valence-electron chi connectivity index (χ3n) is 3.62. The monoisotopic (exact) mass is 306 g/mol. The van der Waals surface area contributed by atoms with Gasteiger partial charge in [-0.15, -0.1) is 0 Å². The van der Waals surface area contributed by atoms with Crippen LogP contribution < -0.4 is 10.6 Å². The Morgan fingerprint density at radius 1 is 1.14 bits per heavy atom. The van der Waals surface area contributed by atoms with Crippen LogP contribution in [0, 0.1) is 0 Å². The molecule has 1 aromatic carbocycles. The van der Waals surface area contributed by atoms with E-state index in [4.69, 9.17) is 4.74 Å². The van der Waals surface area contributed by atoms with Crippen molar-refractivity contribution in [3.8, 4) is 0 Å². The van der Waals surface area contributed by atoms with E-state index in [1.807, 2.05) is 45.0 Å². The fraction of sp³-hybridized carbons (Fsp3) is 0.588. The number of para-hydroxylation sites is 2. The molecule has 1 aromatic rings. The number of aliphatic hydroxyl groups is 1. The summed E-state index contributed by atoms with van der Waals surface area (Å²) in [4.78, 5) is 11.9. The van der Waals surface area contributed by atoms with Gasteiger partial charge in [0.1, 0.15) is 5.60 Å². The molecule has 0 heterocycles. The third-order valence-corrected chi connectivity index (χ3v) is 3.62. The molecule has 3 N–H and O–H groups in total. The number of aliphatic hydroxyl groups excluding tert-OH is 1. The summed E-state index contributed by atoms with van der Waals surface area (Å²) in [6.45, 7) is 5.51. The molecule has 1 aliphatic carbocycles. The van der Waals surface area contributed by atoms with Crippen LogP contribution >= 0.6 is 0 Å². The van der Waals surface area contributed by atoms with Gasteiger partial charge in [0.15, 0.2) is 0 Å². The number of nitrogens with one attached hydrogen (secondary N) is 2. The molecule has 0 spiro atoms. The highest BCUT2D eigenvalue weighted by Crippen LogP contribution is 2.27. The maximum atomic E-state index is 11.9. The predicted molar refractivity (Wildman–Crippen MR) is 88.2 cm³/mol. The lowest BCUT2D eigenvalue weighted by atomic mass is 9.93. The van der Waals surface area contributed by atoms with Crippen molar-refractivity contribution in [3.05, 3.63) is 24.3 Å². The molecule has 22 heavy (non-hydrogen) atoms. The van der Waals surface area contributed by atoms with Crippen molar-refractivity contribution < 1.29 is 14.6 Å². The minimum Gasteiger partial charge on any atom is -0.444 e. The first kappa shape index (κ1) is 16.6. The molecule has 1 saturated carbocycles. The van der Waals surface area contributed by atoms with E-state index in [-0.39, 0.29) is 6.10 Å². The van der Waals surface area contributed by atoms with Crippen molar-refractivity contribution >= 4 is 17.5 Å². The fourth-order valence-corrected chi connectivity index (χ4v) is 2.57. The van der Waals surface area contributed by atoms with Gasteiger partial charge in [0.2, 0.25) is 0 Å². The number of hydrogen-bond acceptors (Lipinski definition) is 4. The van der Waals surface area contributed by atoms with Crippen LogP contribution in [0.2, 0.25) is 0 Å². The zero-order valence-corrected chi connectivity index (χ0v) is 13.6. The Balaban J connectivity index is 1.99. The molecule has 0 aliphatic heterocycles. The summed E-state index contributed by atoms with van der Waals surface area (Å²) in [5.74, 6) is 0. The highest BCUT2D eigenvalue weighted by atomic mass is 16.6. The summed E-state index contributed by atoms with van der Waals surface area (Å²) in [7, 11) is 0. The second-order valence-corrected chi connectivity index (χ2v) is 6.82. The van der Waals surface area contributed by atoms with Crippen LogP contribution in [0.5, 0.6) is 0 Å². The van der Waals surface area contributed by atoms with Gasteiger partial charge >= 0.3 is 6.09 Å². The van der Waals surface area contributed by atoms with E-state index in [2.05, 4.69) is 10.6 Å². The minimum absolute atomic E-state index is 0.173. The molecule has 1 amide bonds. The SMILES string of the molecule is CC(C)(C)OC(=O)Nc1ccccc1NC1CCC(O)CC1. The molecule has 5 nitrogen and oxygen atoms in total. The summed E-state index contributed by atoms with van der Waals surface area (Å²) in [6, 6.07) is 7.93. The van der Waals surface area contributed by atoms with Gasteiger partial charge in [0, 0.05) is 6.04 Å². The molecule has 0 aromatic heterocycles. The number of benzene rings is 1. The average Bonchev–Trinajstić information content (AvgIpc) is 2.41. The molecule has 2 rings (SSSR count). The van der Waals surface area contributed by atoms with Gasteiger partial charge < -0.3 is 15.2 Å². The second kappa shape index (κ2) is 7.01. The highest BCUT2D eigenvalue weighted by molar-refractivity contribution is 5.89. The number of carbonyl (C=O) groups is 1. The maximum Gasteiger partial charge on any atom is 0.412 e. The molecule has 0 radical (unpaired) electrons. The Morgan fingerprint density at radius 3 is 2.32 bits per heavy atom. The number of rotatable bonds is 3. The molecule has 5 heteroatoms. The van der Waals surface area contributed by atoms with Crippen LogP contribution in [-0.2, 0) is 4.74 Å². The Morgan fingerprint density at radius 2 is 1.73 bits per heavy atom. The van der Waals surface area contributed by atoms with Crippen molar-refractivity contribution in [2.45, 2.75) is 64.2 Å². The first-order valence-electron chi connectivity index (χ1n) is 7.87. The van der Waals surface area contributed by atoms with E-state index in [0.717, 1.165) is 31.4 Å². The number of anilines is 2. The highest BCUT2D eigenvalue weighted by Gasteiger charge is 2.21. The molecule has 122 valence electrons. The van der Waals surface area contributed by atoms with Crippen LogP contribution in [0.25, 0.3) is 0 Å². The molecule has 0 unspecified atom stereocenters. The predicted octanol–water partition coefficient (Wildman–Crippen LogP) is 3.75. The fourth-order valence-electron chi connectivity index (χ4n) is 2.57. The van der Waals surface area contributed by atoms with E-state index in [1.54, 1.807) is 0 Å². The van der Waals surface area contributed by atoms with Crippen molar-refractivity contribution in [2.24, 2.45) is 0 Å². The summed E-state index contributed by atoms with van der Waals surface area (Å²) >= 11 is 0. The van der Waals surface area contributed by atoms with Gasteiger partial charge in [0.25, 0.3) is 0 Å². The van der Waals surface area contributed by atoms with Gasteiger partial charge in [-0.3, -0.25) is 5.32 Å². The van der Waals surface area contributed by atoms with E-state index in [1.165, 1.54) is 0 Å². The number of hydrogen-bond donors (Lipinski definition) is 3. The van der Waals surface area contributed by atoms with E-state index < -0.39 is 11.7 Å². The molecule has 0 saturated heterocycles. The minimum atomic E-state index is -0.522.